The van der Waals surface area contributed by atoms with E-state index in [2.05, 4.69) is 33.7 Å². The highest BCUT2D eigenvalue weighted by Gasteiger charge is 2.41. The molecular weight excluding hydrogens is 430 g/mol. The van der Waals surface area contributed by atoms with E-state index in [1.807, 2.05) is 18.2 Å². The molecule has 0 spiro atoms. The number of nitrogens with zero attached hydrogens (tertiary/aromatic N) is 3. The number of urea groups is 1. The molecule has 2 aliphatic heterocycles. The smallest absolute Gasteiger partial charge is 0.318 e. The lowest BCUT2D eigenvalue weighted by molar-refractivity contribution is -0.124. The highest BCUT2D eigenvalue weighted by Crippen LogP contribution is 2.28. The lowest BCUT2D eigenvalue weighted by atomic mass is 9.84. The summed E-state index contributed by atoms with van der Waals surface area (Å²) in [5.41, 5.74) is 0.260. The summed E-state index contributed by atoms with van der Waals surface area (Å²) >= 11 is 0. The van der Waals surface area contributed by atoms with Crippen molar-refractivity contribution >= 4 is 11.9 Å². The molecule has 0 unspecified atom stereocenters. The van der Waals surface area contributed by atoms with Crippen molar-refractivity contribution in [3.05, 3.63) is 35.9 Å². The van der Waals surface area contributed by atoms with Crippen molar-refractivity contribution in [1.29, 1.82) is 5.26 Å². The van der Waals surface area contributed by atoms with Crippen molar-refractivity contribution < 1.29 is 14.3 Å². The Morgan fingerprint density at radius 1 is 1.12 bits per heavy atom. The third kappa shape index (κ3) is 6.49. The number of hydrogen-bond donors (Lipinski definition) is 2. The van der Waals surface area contributed by atoms with Gasteiger partial charge in [0.2, 0.25) is 5.91 Å². The van der Waals surface area contributed by atoms with Crippen molar-refractivity contribution in [3.63, 3.8) is 0 Å². The quantitative estimate of drug-likeness (QED) is 0.643. The molecule has 184 valence electrons. The number of likely N-dealkylation sites (tertiary alicyclic amines) is 1. The summed E-state index contributed by atoms with van der Waals surface area (Å²) in [7, 11) is 0. The molecule has 0 aromatic heterocycles. The summed E-state index contributed by atoms with van der Waals surface area (Å²) in [6.07, 6.45) is 6.96. The molecule has 3 fully saturated rings. The van der Waals surface area contributed by atoms with E-state index >= 15 is 0 Å². The van der Waals surface area contributed by atoms with Crippen LogP contribution in [0, 0.1) is 17.2 Å². The second-order valence-electron chi connectivity index (χ2n) is 9.97. The van der Waals surface area contributed by atoms with Gasteiger partial charge in [-0.2, -0.15) is 5.26 Å². The second-order valence-corrected chi connectivity index (χ2v) is 9.97. The Balaban J connectivity index is 1.40. The predicted octanol–water partition coefficient (Wildman–Crippen LogP) is 2.65. The Bertz CT molecular complexity index is 861. The first-order chi connectivity index (χ1) is 16.6. The fourth-order valence-corrected chi connectivity index (χ4v) is 5.40. The number of benzene rings is 1. The van der Waals surface area contributed by atoms with Crippen molar-refractivity contribution in [2.75, 3.05) is 39.4 Å². The molecule has 2 atom stereocenters. The summed E-state index contributed by atoms with van der Waals surface area (Å²) in [6.45, 7) is 4.07. The Labute approximate surface area is 202 Å². The zero-order valence-electron chi connectivity index (χ0n) is 20.0. The summed E-state index contributed by atoms with van der Waals surface area (Å²) in [5, 5.41) is 16.1. The largest absolute Gasteiger partial charge is 0.378 e. The minimum atomic E-state index is -0.930. The van der Waals surface area contributed by atoms with E-state index in [-0.39, 0.29) is 11.9 Å². The predicted molar refractivity (Wildman–Crippen MR) is 129 cm³/mol. The van der Waals surface area contributed by atoms with Gasteiger partial charge in [0.1, 0.15) is 11.6 Å². The van der Waals surface area contributed by atoms with E-state index in [9.17, 15) is 14.9 Å². The minimum absolute atomic E-state index is 0.220. The molecule has 2 heterocycles. The second kappa shape index (κ2) is 11.7. The maximum absolute atomic E-state index is 13.5. The number of morpholine rings is 1. The molecule has 1 saturated carbocycles. The van der Waals surface area contributed by atoms with Crippen LogP contribution in [-0.2, 0) is 16.1 Å². The monoisotopic (exact) mass is 467 g/mol. The molecular formula is C26H37N5O3. The van der Waals surface area contributed by atoms with Gasteiger partial charge in [0.05, 0.1) is 19.3 Å². The summed E-state index contributed by atoms with van der Waals surface area (Å²) in [4.78, 5) is 30.3. The molecule has 8 heteroatoms. The fourth-order valence-electron chi connectivity index (χ4n) is 5.40. The van der Waals surface area contributed by atoms with Gasteiger partial charge < -0.3 is 20.3 Å². The van der Waals surface area contributed by atoms with E-state index in [0.717, 1.165) is 25.9 Å². The Morgan fingerprint density at radius 3 is 2.56 bits per heavy atom. The average Bonchev–Trinajstić information content (AvgIpc) is 3.28. The van der Waals surface area contributed by atoms with E-state index in [1.54, 1.807) is 4.90 Å². The van der Waals surface area contributed by atoms with Crippen molar-refractivity contribution in [2.45, 2.75) is 63.1 Å². The minimum Gasteiger partial charge on any atom is -0.378 e. The zero-order chi connectivity index (χ0) is 23.8. The average molecular weight is 468 g/mol. The van der Waals surface area contributed by atoms with E-state index < -0.39 is 11.6 Å². The summed E-state index contributed by atoms with van der Waals surface area (Å²) in [6, 6.07) is 11.7. The van der Waals surface area contributed by atoms with Crippen LogP contribution in [0.25, 0.3) is 0 Å². The third-order valence-electron chi connectivity index (χ3n) is 7.38. The van der Waals surface area contributed by atoms with E-state index in [0.29, 0.717) is 51.6 Å². The molecule has 3 aliphatic rings. The van der Waals surface area contributed by atoms with Gasteiger partial charge >= 0.3 is 6.03 Å². The van der Waals surface area contributed by atoms with E-state index in [4.69, 9.17) is 4.74 Å². The first-order valence-corrected chi connectivity index (χ1v) is 12.7. The fraction of sp³-hybridized carbons (Fsp3) is 0.654. The van der Waals surface area contributed by atoms with Gasteiger partial charge in [0, 0.05) is 32.7 Å². The Morgan fingerprint density at radius 2 is 1.85 bits per heavy atom. The van der Waals surface area contributed by atoms with E-state index in [1.165, 1.54) is 24.8 Å². The maximum atomic E-state index is 13.5. The third-order valence-corrected chi connectivity index (χ3v) is 7.38. The molecule has 1 aliphatic carbocycles. The lowest BCUT2D eigenvalue weighted by Crippen LogP contribution is -2.58. The maximum Gasteiger partial charge on any atom is 0.318 e. The first kappa shape index (κ1) is 24.5. The van der Waals surface area contributed by atoms with Gasteiger partial charge in [-0.05, 0) is 24.3 Å². The van der Waals surface area contributed by atoms with Gasteiger partial charge in [-0.3, -0.25) is 9.69 Å². The Kier molecular flexibility index (Phi) is 8.41. The number of ether oxygens (including phenoxy) is 1. The zero-order valence-corrected chi connectivity index (χ0v) is 20.0. The van der Waals surface area contributed by atoms with Gasteiger partial charge in [-0.15, -0.1) is 0 Å². The molecule has 8 nitrogen and oxygen atoms in total. The number of carbonyl (C=O) groups is 2. The summed E-state index contributed by atoms with van der Waals surface area (Å²) in [5.74, 6) is 0.181. The standard InChI is InChI=1S/C26H37N5O3/c27-19-26(11-12-30(20-26)18-22-9-5-2-6-10-22)29-24(32)23(17-21-7-3-1-4-8-21)28-25(33)31-13-15-34-16-14-31/h2,5-6,9-10,21,23H,1,3-4,7-8,11-18,20H2,(H,28,33)(H,29,32)/t23-,26+/m0/s1. The number of nitriles is 1. The SMILES string of the molecule is N#C[C@]1(NC(=O)[C@H](CC2CCCCC2)NC(=O)N2CCOCC2)CCN(Cc2ccccc2)C1. The van der Waals surface area contributed by atoms with Crippen LogP contribution in [0.4, 0.5) is 4.79 Å². The number of hydrogen-bond acceptors (Lipinski definition) is 5. The first-order valence-electron chi connectivity index (χ1n) is 12.7. The number of nitrogens with one attached hydrogen (secondary N) is 2. The molecule has 34 heavy (non-hydrogen) atoms. The molecule has 2 saturated heterocycles. The molecule has 0 bridgehead atoms. The van der Waals surface area contributed by atoms with Crippen LogP contribution in [0.3, 0.4) is 0 Å². The van der Waals surface area contributed by atoms with Gasteiger partial charge in [0.15, 0.2) is 0 Å². The van der Waals surface area contributed by atoms with Crippen molar-refractivity contribution in [3.8, 4) is 6.07 Å². The number of rotatable bonds is 7. The van der Waals surface area contributed by atoms with Crippen LogP contribution >= 0.6 is 0 Å². The summed E-state index contributed by atoms with van der Waals surface area (Å²) < 4.78 is 5.35. The van der Waals surface area contributed by atoms with Crippen LogP contribution in [0.15, 0.2) is 30.3 Å². The van der Waals surface area contributed by atoms with Crippen LogP contribution in [0.1, 0.15) is 50.5 Å². The van der Waals surface area contributed by atoms with Crippen LogP contribution in [0.2, 0.25) is 0 Å². The van der Waals surface area contributed by atoms with Crippen molar-refractivity contribution in [2.24, 2.45) is 5.92 Å². The normalized spacial score (nSPS) is 24.9. The molecule has 2 N–H and O–H groups in total. The van der Waals surface area contributed by atoms with Crippen LogP contribution < -0.4 is 10.6 Å². The van der Waals surface area contributed by atoms with Gasteiger partial charge in [-0.25, -0.2) is 4.79 Å². The van der Waals surface area contributed by atoms with Crippen LogP contribution in [0.5, 0.6) is 0 Å². The topological polar surface area (TPSA) is 97.7 Å². The highest BCUT2D eigenvalue weighted by atomic mass is 16.5. The number of carbonyl (C=O) groups excluding carboxylic acids is 2. The molecule has 1 aromatic rings. The molecule has 4 rings (SSSR count). The number of amides is 3. The lowest BCUT2D eigenvalue weighted by Gasteiger charge is -2.32. The Hall–Kier alpha value is -2.63. The van der Waals surface area contributed by atoms with Gasteiger partial charge in [-0.1, -0.05) is 62.4 Å². The van der Waals surface area contributed by atoms with Crippen LogP contribution in [-0.4, -0.2) is 72.7 Å². The van der Waals surface area contributed by atoms with Crippen molar-refractivity contribution in [1.82, 2.24) is 20.4 Å². The molecule has 0 radical (unpaired) electrons. The molecule has 3 amide bonds. The molecule has 1 aromatic carbocycles. The highest BCUT2D eigenvalue weighted by molar-refractivity contribution is 5.88. The van der Waals surface area contributed by atoms with Gasteiger partial charge in [0.25, 0.3) is 0 Å².